The molecule has 1 aromatic heterocycles. The first-order valence-electron chi connectivity index (χ1n) is 6.10. The molecule has 2 aromatic rings. The molecular formula is C14H17N3O2. The Morgan fingerprint density at radius 2 is 2.16 bits per heavy atom. The smallest absolute Gasteiger partial charge is 0.215 e. The molecule has 100 valence electrons. The van der Waals surface area contributed by atoms with E-state index < -0.39 is 0 Å². The van der Waals surface area contributed by atoms with Gasteiger partial charge in [0.2, 0.25) is 5.88 Å². The van der Waals surface area contributed by atoms with Gasteiger partial charge in [0.25, 0.3) is 0 Å². The lowest BCUT2D eigenvalue weighted by molar-refractivity contribution is 0.327. The Balaban J connectivity index is 2.05. The highest BCUT2D eigenvalue weighted by molar-refractivity contribution is 5.49. The Labute approximate surface area is 112 Å². The first kappa shape index (κ1) is 13.0. The lowest BCUT2D eigenvalue weighted by Gasteiger charge is -2.09. The summed E-state index contributed by atoms with van der Waals surface area (Å²) in [6.07, 6.45) is 0. The predicted octanol–water partition coefficient (Wildman–Crippen LogP) is 2.38. The molecule has 0 atom stereocenters. The summed E-state index contributed by atoms with van der Waals surface area (Å²) in [4.78, 5) is 4.28. The first-order chi connectivity index (χ1) is 9.19. The largest absolute Gasteiger partial charge is 0.508 e. The third kappa shape index (κ3) is 3.51. The number of aromatic hydroxyl groups is 1. The van der Waals surface area contributed by atoms with Gasteiger partial charge in [-0.15, -0.1) is 0 Å². The van der Waals surface area contributed by atoms with Gasteiger partial charge < -0.3 is 20.9 Å². The summed E-state index contributed by atoms with van der Waals surface area (Å²) in [6.45, 7) is 2.93. The molecule has 0 amide bonds. The van der Waals surface area contributed by atoms with Gasteiger partial charge in [0.05, 0.1) is 6.61 Å². The SMILES string of the molecule is CCOc1cccc(NCc2cc(N)ccc2O)n1. The molecule has 19 heavy (non-hydrogen) atoms. The van der Waals surface area contributed by atoms with Gasteiger partial charge in [0, 0.05) is 23.9 Å². The van der Waals surface area contributed by atoms with Crippen molar-refractivity contribution >= 4 is 11.5 Å². The van der Waals surface area contributed by atoms with E-state index in [1.54, 1.807) is 24.3 Å². The number of pyridine rings is 1. The number of anilines is 2. The van der Waals surface area contributed by atoms with Crippen molar-refractivity contribution in [2.24, 2.45) is 0 Å². The fourth-order valence-electron chi connectivity index (χ4n) is 1.67. The van der Waals surface area contributed by atoms with E-state index in [0.29, 0.717) is 30.5 Å². The number of nitrogens with one attached hydrogen (secondary N) is 1. The molecule has 0 aliphatic heterocycles. The highest BCUT2D eigenvalue weighted by Crippen LogP contribution is 2.21. The van der Waals surface area contributed by atoms with E-state index in [2.05, 4.69) is 10.3 Å². The molecule has 0 fully saturated rings. The zero-order valence-corrected chi connectivity index (χ0v) is 10.8. The van der Waals surface area contributed by atoms with E-state index in [-0.39, 0.29) is 5.75 Å². The molecule has 5 nitrogen and oxygen atoms in total. The van der Waals surface area contributed by atoms with Crippen LogP contribution in [-0.4, -0.2) is 16.7 Å². The van der Waals surface area contributed by atoms with Crippen LogP contribution in [0.4, 0.5) is 11.5 Å². The van der Waals surface area contributed by atoms with Crippen molar-refractivity contribution in [1.29, 1.82) is 0 Å². The normalized spacial score (nSPS) is 10.2. The number of nitrogens with two attached hydrogens (primary N) is 1. The fraction of sp³-hybridized carbons (Fsp3) is 0.214. The Hall–Kier alpha value is -2.43. The number of rotatable bonds is 5. The van der Waals surface area contributed by atoms with E-state index in [4.69, 9.17) is 10.5 Å². The lowest BCUT2D eigenvalue weighted by atomic mass is 10.2. The van der Waals surface area contributed by atoms with Gasteiger partial charge in [0.15, 0.2) is 0 Å². The second-order valence-electron chi connectivity index (χ2n) is 4.04. The minimum atomic E-state index is 0.211. The van der Waals surface area contributed by atoms with E-state index in [1.807, 2.05) is 19.1 Å². The molecule has 2 rings (SSSR count). The fourth-order valence-corrected chi connectivity index (χ4v) is 1.67. The van der Waals surface area contributed by atoms with Crippen LogP contribution in [0.15, 0.2) is 36.4 Å². The average molecular weight is 259 g/mol. The molecule has 0 saturated heterocycles. The zero-order valence-electron chi connectivity index (χ0n) is 10.8. The van der Waals surface area contributed by atoms with Crippen molar-refractivity contribution in [3.63, 3.8) is 0 Å². The van der Waals surface area contributed by atoms with Gasteiger partial charge >= 0.3 is 0 Å². The van der Waals surface area contributed by atoms with Crippen LogP contribution in [0.1, 0.15) is 12.5 Å². The van der Waals surface area contributed by atoms with Crippen molar-refractivity contribution in [3.05, 3.63) is 42.0 Å². The zero-order chi connectivity index (χ0) is 13.7. The summed E-state index contributed by atoms with van der Waals surface area (Å²) in [5.41, 5.74) is 7.03. The minimum absolute atomic E-state index is 0.211. The number of nitrogen functional groups attached to an aromatic ring is 1. The van der Waals surface area contributed by atoms with Crippen LogP contribution in [0.5, 0.6) is 11.6 Å². The van der Waals surface area contributed by atoms with Crippen LogP contribution >= 0.6 is 0 Å². The van der Waals surface area contributed by atoms with Gasteiger partial charge in [-0.05, 0) is 31.2 Å². The van der Waals surface area contributed by atoms with Gasteiger partial charge in [-0.25, -0.2) is 0 Å². The second-order valence-corrected chi connectivity index (χ2v) is 4.04. The van der Waals surface area contributed by atoms with Crippen molar-refractivity contribution < 1.29 is 9.84 Å². The topological polar surface area (TPSA) is 80.4 Å². The third-order valence-electron chi connectivity index (χ3n) is 2.58. The summed E-state index contributed by atoms with van der Waals surface area (Å²) >= 11 is 0. The number of phenolic OH excluding ortho intramolecular Hbond substituents is 1. The van der Waals surface area contributed by atoms with Crippen LogP contribution in [-0.2, 0) is 6.54 Å². The quantitative estimate of drug-likeness (QED) is 0.567. The highest BCUT2D eigenvalue weighted by Gasteiger charge is 2.03. The number of phenols is 1. The van der Waals surface area contributed by atoms with Gasteiger partial charge in [0.1, 0.15) is 11.6 Å². The molecular weight excluding hydrogens is 242 g/mol. The molecule has 0 aliphatic rings. The van der Waals surface area contributed by atoms with Crippen molar-refractivity contribution in [3.8, 4) is 11.6 Å². The number of hydrogen-bond acceptors (Lipinski definition) is 5. The Kier molecular flexibility index (Phi) is 4.07. The van der Waals surface area contributed by atoms with Crippen LogP contribution in [0.3, 0.4) is 0 Å². The minimum Gasteiger partial charge on any atom is -0.508 e. The molecule has 1 heterocycles. The van der Waals surface area contributed by atoms with Crippen LogP contribution < -0.4 is 15.8 Å². The van der Waals surface area contributed by atoms with E-state index in [0.717, 1.165) is 5.56 Å². The predicted molar refractivity (Wildman–Crippen MR) is 75.3 cm³/mol. The lowest BCUT2D eigenvalue weighted by Crippen LogP contribution is -2.03. The molecule has 5 heteroatoms. The van der Waals surface area contributed by atoms with Gasteiger partial charge in [-0.1, -0.05) is 6.07 Å². The number of hydrogen-bond donors (Lipinski definition) is 3. The number of nitrogens with zero attached hydrogens (tertiary/aromatic N) is 1. The molecule has 0 aliphatic carbocycles. The maximum absolute atomic E-state index is 9.71. The second kappa shape index (κ2) is 5.95. The van der Waals surface area contributed by atoms with E-state index in [9.17, 15) is 5.11 Å². The molecule has 4 N–H and O–H groups in total. The Morgan fingerprint density at radius 3 is 2.95 bits per heavy atom. The van der Waals surface area contributed by atoms with Crippen molar-refractivity contribution in [2.45, 2.75) is 13.5 Å². The van der Waals surface area contributed by atoms with Crippen LogP contribution in [0.25, 0.3) is 0 Å². The molecule has 0 radical (unpaired) electrons. The van der Waals surface area contributed by atoms with Crippen molar-refractivity contribution in [1.82, 2.24) is 4.98 Å². The van der Waals surface area contributed by atoms with Gasteiger partial charge in [-0.3, -0.25) is 0 Å². The molecule has 1 aromatic carbocycles. The van der Waals surface area contributed by atoms with Gasteiger partial charge in [-0.2, -0.15) is 4.98 Å². The van der Waals surface area contributed by atoms with Crippen LogP contribution in [0, 0.1) is 0 Å². The maximum Gasteiger partial charge on any atom is 0.215 e. The summed E-state index contributed by atoms with van der Waals surface area (Å²) in [6, 6.07) is 10.5. The summed E-state index contributed by atoms with van der Waals surface area (Å²) < 4.78 is 5.32. The maximum atomic E-state index is 9.71. The molecule has 0 unspecified atom stereocenters. The van der Waals surface area contributed by atoms with Crippen molar-refractivity contribution in [2.75, 3.05) is 17.7 Å². The average Bonchev–Trinajstić information content (AvgIpc) is 2.41. The highest BCUT2D eigenvalue weighted by atomic mass is 16.5. The third-order valence-corrected chi connectivity index (χ3v) is 2.58. The molecule has 0 spiro atoms. The summed E-state index contributed by atoms with van der Waals surface area (Å²) in [7, 11) is 0. The first-order valence-corrected chi connectivity index (χ1v) is 6.10. The Bertz CT molecular complexity index is 558. The molecule has 0 saturated carbocycles. The molecule has 0 bridgehead atoms. The number of benzene rings is 1. The monoisotopic (exact) mass is 259 g/mol. The van der Waals surface area contributed by atoms with E-state index in [1.165, 1.54) is 0 Å². The summed E-state index contributed by atoms with van der Waals surface area (Å²) in [5, 5.41) is 12.8. The number of ether oxygens (including phenoxy) is 1. The van der Waals surface area contributed by atoms with E-state index >= 15 is 0 Å². The van der Waals surface area contributed by atoms with Crippen LogP contribution in [0.2, 0.25) is 0 Å². The standard InChI is InChI=1S/C14H17N3O2/c1-2-19-14-5-3-4-13(17-14)16-9-10-8-11(15)6-7-12(10)18/h3-8,18H,2,9,15H2,1H3,(H,16,17). The number of aromatic nitrogens is 1. The Morgan fingerprint density at radius 1 is 1.32 bits per heavy atom. The summed E-state index contributed by atoms with van der Waals surface area (Å²) in [5.74, 6) is 1.47.